The topological polar surface area (TPSA) is 87.1 Å². The zero-order chi connectivity index (χ0) is 17.3. The Morgan fingerprint density at radius 3 is 2.22 bits per heavy atom. The summed E-state index contributed by atoms with van der Waals surface area (Å²) in [7, 11) is 0. The Labute approximate surface area is 141 Å². The fraction of sp³-hybridized carbons (Fsp3) is 0.875. The molecule has 0 radical (unpaired) electrons. The molecule has 0 aromatic rings. The van der Waals surface area contributed by atoms with Crippen LogP contribution in [-0.2, 0) is 9.53 Å². The molecule has 1 amide bonds. The van der Waals surface area contributed by atoms with Crippen molar-refractivity contribution in [3.63, 3.8) is 0 Å². The maximum Gasteiger partial charge on any atom is 0.410 e. The first-order valence-electron chi connectivity index (χ1n) is 8.11. The van der Waals surface area contributed by atoms with Gasteiger partial charge in [-0.25, -0.2) is 4.79 Å². The molecule has 1 atom stereocenters. The average molecular weight is 345 g/mol. The Morgan fingerprint density at radius 2 is 1.78 bits per heavy atom. The molecule has 2 heterocycles. The molecule has 2 fully saturated rings. The summed E-state index contributed by atoms with van der Waals surface area (Å²) in [6, 6.07) is 0. The molecule has 2 N–H and O–H groups in total. The van der Waals surface area contributed by atoms with Gasteiger partial charge in [0.15, 0.2) is 0 Å². The lowest BCUT2D eigenvalue weighted by Crippen LogP contribution is -2.61. The van der Waals surface area contributed by atoms with Crippen LogP contribution in [0.5, 0.6) is 0 Å². The lowest BCUT2D eigenvalue weighted by Gasteiger charge is -2.49. The average Bonchev–Trinajstić information content (AvgIpc) is 2.46. The molecule has 0 aromatic heterocycles. The van der Waals surface area contributed by atoms with Gasteiger partial charge in [-0.05, 0) is 52.2 Å². The van der Waals surface area contributed by atoms with Crippen molar-refractivity contribution in [3.05, 3.63) is 0 Å². The predicted molar refractivity (Wildman–Crippen MR) is 88.6 cm³/mol. The molecule has 0 saturated carbocycles. The standard InChI is InChI=1S/C16H27NO5S/c1-14(2,3)22-13(20)17-8-6-16(21,7-9-17)15(12(18)19)5-4-10-23-11-15/h21H,4-11H2,1-3H3,(H,18,19). The van der Waals surface area contributed by atoms with Gasteiger partial charge in [0, 0.05) is 18.8 Å². The van der Waals surface area contributed by atoms with Gasteiger partial charge in [0.25, 0.3) is 0 Å². The molecule has 2 rings (SSSR count). The van der Waals surface area contributed by atoms with Crippen molar-refractivity contribution < 1.29 is 24.5 Å². The van der Waals surface area contributed by atoms with E-state index in [0.717, 1.165) is 12.2 Å². The summed E-state index contributed by atoms with van der Waals surface area (Å²) >= 11 is 1.59. The van der Waals surface area contributed by atoms with Crippen LogP contribution in [0.1, 0.15) is 46.5 Å². The smallest absolute Gasteiger partial charge is 0.410 e. The highest BCUT2D eigenvalue weighted by Crippen LogP contribution is 2.48. The molecule has 1 unspecified atom stereocenters. The van der Waals surface area contributed by atoms with Crippen LogP contribution in [0.25, 0.3) is 0 Å². The van der Waals surface area contributed by atoms with E-state index < -0.39 is 28.7 Å². The Morgan fingerprint density at radius 1 is 1.17 bits per heavy atom. The van der Waals surface area contributed by atoms with Gasteiger partial charge in [0.05, 0.1) is 5.60 Å². The van der Waals surface area contributed by atoms with E-state index in [1.54, 1.807) is 16.7 Å². The van der Waals surface area contributed by atoms with E-state index in [2.05, 4.69) is 0 Å². The summed E-state index contributed by atoms with van der Waals surface area (Å²) in [5.41, 5.74) is -2.92. The number of nitrogens with zero attached hydrogens (tertiary/aromatic N) is 1. The van der Waals surface area contributed by atoms with Gasteiger partial charge in [0.1, 0.15) is 11.0 Å². The number of ether oxygens (including phenoxy) is 1. The molecular formula is C16H27NO5S. The summed E-state index contributed by atoms with van der Waals surface area (Å²) < 4.78 is 5.35. The highest BCUT2D eigenvalue weighted by atomic mass is 32.2. The quantitative estimate of drug-likeness (QED) is 0.799. The van der Waals surface area contributed by atoms with E-state index in [0.29, 0.717) is 25.3 Å². The second kappa shape index (κ2) is 6.51. The van der Waals surface area contributed by atoms with Gasteiger partial charge >= 0.3 is 12.1 Å². The highest BCUT2D eigenvalue weighted by Gasteiger charge is 2.57. The maximum absolute atomic E-state index is 12.1. The minimum absolute atomic E-state index is 0.277. The second-order valence-electron chi connectivity index (χ2n) is 7.54. The fourth-order valence-corrected chi connectivity index (χ4v) is 4.77. The van der Waals surface area contributed by atoms with Crippen molar-refractivity contribution in [1.82, 2.24) is 4.90 Å². The first-order valence-corrected chi connectivity index (χ1v) is 9.27. The Bertz CT molecular complexity index is 460. The van der Waals surface area contributed by atoms with E-state index in [4.69, 9.17) is 4.74 Å². The summed E-state index contributed by atoms with van der Waals surface area (Å²) in [6.07, 6.45) is 1.45. The molecule has 2 saturated heterocycles. The molecule has 0 bridgehead atoms. The van der Waals surface area contributed by atoms with Crippen LogP contribution in [0.2, 0.25) is 0 Å². The number of aliphatic hydroxyl groups is 1. The van der Waals surface area contributed by atoms with E-state index >= 15 is 0 Å². The first-order chi connectivity index (χ1) is 10.6. The van der Waals surface area contributed by atoms with Crippen LogP contribution in [0.15, 0.2) is 0 Å². The van der Waals surface area contributed by atoms with E-state index in [1.165, 1.54) is 0 Å². The zero-order valence-electron chi connectivity index (χ0n) is 14.1. The van der Waals surface area contributed by atoms with Crippen LogP contribution >= 0.6 is 11.8 Å². The van der Waals surface area contributed by atoms with Crippen molar-refractivity contribution in [2.75, 3.05) is 24.6 Å². The van der Waals surface area contributed by atoms with Crippen LogP contribution in [0, 0.1) is 5.41 Å². The summed E-state index contributed by atoms with van der Waals surface area (Å²) in [4.78, 5) is 25.6. The molecule has 0 aliphatic carbocycles. The number of piperidine rings is 1. The van der Waals surface area contributed by atoms with Gasteiger partial charge in [-0.15, -0.1) is 0 Å². The van der Waals surface area contributed by atoms with Crippen LogP contribution in [-0.4, -0.2) is 63.0 Å². The van der Waals surface area contributed by atoms with Gasteiger partial charge in [0.2, 0.25) is 0 Å². The molecular weight excluding hydrogens is 318 g/mol. The van der Waals surface area contributed by atoms with Crippen molar-refractivity contribution in [1.29, 1.82) is 0 Å². The minimum atomic E-state index is -1.26. The molecule has 0 aromatic carbocycles. The third-order valence-corrected chi connectivity index (χ3v) is 6.06. The largest absolute Gasteiger partial charge is 0.481 e. The van der Waals surface area contributed by atoms with Crippen molar-refractivity contribution in [2.45, 2.75) is 57.7 Å². The normalized spacial score (nSPS) is 28.3. The number of carboxylic acid groups (broad SMARTS) is 1. The molecule has 2 aliphatic rings. The number of likely N-dealkylation sites (tertiary alicyclic amines) is 1. The van der Waals surface area contributed by atoms with Gasteiger partial charge < -0.3 is 19.8 Å². The molecule has 2 aliphatic heterocycles. The van der Waals surface area contributed by atoms with Crippen molar-refractivity contribution >= 4 is 23.8 Å². The Hall–Kier alpha value is -0.950. The van der Waals surface area contributed by atoms with E-state index in [9.17, 15) is 19.8 Å². The number of rotatable bonds is 2. The zero-order valence-corrected chi connectivity index (χ0v) is 14.9. The lowest BCUT2D eigenvalue weighted by atomic mass is 9.65. The van der Waals surface area contributed by atoms with Crippen LogP contribution in [0.3, 0.4) is 0 Å². The van der Waals surface area contributed by atoms with Gasteiger partial charge in [-0.2, -0.15) is 11.8 Å². The fourth-order valence-electron chi connectivity index (χ4n) is 3.39. The first kappa shape index (κ1) is 18.4. The number of carbonyl (C=O) groups is 2. The summed E-state index contributed by atoms with van der Waals surface area (Å²) in [5, 5.41) is 20.8. The Balaban J connectivity index is 2.06. The van der Waals surface area contributed by atoms with Crippen LogP contribution in [0.4, 0.5) is 4.79 Å². The number of hydrogen-bond acceptors (Lipinski definition) is 5. The second-order valence-corrected chi connectivity index (χ2v) is 8.65. The lowest BCUT2D eigenvalue weighted by molar-refractivity contribution is -0.174. The molecule has 6 nitrogen and oxygen atoms in total. The number of carboxylic acids is 1. The predicted octanol–water partition coefficient (Wildman–Crippen LogP) is 2.35. The monoisotopic (exact) mass is 345 g/mol. The molecule has 132 valence electrons. The highest BCUT2D eigenvalue weighted by molar-refractivity contribution is 7.99. The van der Waals surface area contributed by atoms with Crippen molar-refractivity contribution in [3.8, 4) is 0 Å². The Kier molecular flexibility index (Phi) is 5.21. The molecule has 23 heavy (non-hydrogen) atoms. The van der Waals surface area contributed by atoms with E-state index in [1.807, 2.05) is 20.8 Å². The molecule has 0 spiro atoms. The number of amides is 1. The molecule has 7 heteroatoms. The third-order valence-electron chi connectivity index (χ3n) is 4.78. The SMILES string of the molecule is CC(C)(C)OC(=O)N1CCC(O)(C2(C(=O)O)CCCSC2)CC1. The number of thioether (sulfide) groups is 1. The minimum Gasteiger partial charge on any atom is -0.481 e. The number of aliphatic carboxylic acids is 1. The van der Waals surface area contributed by atoms with Gasteiger partial charge in [-0.3, -0.25) is 4.79 Å². The number of carbonyl (C=O) groups excluding carboxylic acids is 1. The van der Waals surface area contributed by atoms with E-state index in [-0.39, 0.29) is 12.8 Å². The summed E-state index contributed by atoms with van der Waals surface area (Å²) in [6.45, 7) is 6.08. The third kappa shape index (κ3) is 3.76. The number of hydrogen-bond donors (Lipinski definition) is 2. The van der Waals surface area contributed by atoms with Crippen molar-refractivity contribution in [2.24, 2.45) is 5.41 Å². The summed E-state index contributed by atoms with van der Waals surface area (Å²) in [5.74, 6) is 0.457. The maximum atomic E-state index is 12.1. The van der Waals surface area contributed by atoms with Crippen LogP contribution < -0.4 is 0 Å². The van der Waals surface area contributed by atoms with Gasteiger partial charge in [-0.1, -0.05) is 0 Å².